The number of hydrogen-bond acceptors (Lipinski definition) is 2. The summed E-state index contributed by atoms with van der Waals surface area (Å²) in [5, 5.41) is 0.722. The summed E-state index contributed by atoms with van der Waals surface area (Å²) in [4.78, 5) is 0. The molecule has 0 aliphatic carbocycles. The maximum Gasteiger partial charge on any atom is 0.124 e. The summed E-state index contributed by atoms with van der Waals surface area (Å²) < 4.78 is 5.91. The molecule has 3 heteroatoms. The predicted octanol–water partition coefficient (Wildman–Crippen LogP) is 4.20. The van der Waals surface area contributed by atoms with Crippen molar-refractivity contribution in [1.29, 1.82) is 0 Å². The van der Waals surface area contributed by atoms with E-state index in [1.165, 1.54) is 0 Å². The highest BCUT2D eigenvalue weighted by molar-refractivity contribution is 6.31. The molecule has 0 saturated heterocycles. The fourth-order valence-electron chi connectivity index (χ4n) is 2.01. The quantitative estimate of drug-likeness (QED) is 0.865. The van der Waals surface area contributed by atoms with E-state index in [1.54, 1.807) is 0 Å². The first kappa shape index (κ1) is 14.9. The van der Waals surface area contributed by atoms with Gasteiger partial charge in [0.05, 0.1) is 0 Å². The van der Waals surface area contributed by atoms with Crippen LogP contribution in [0.5, 0.6) is 5.75 Å². The zero-order valence-electron chi connectivity index (χ0n) is 11.7. The van der Waals surface area contributed by atoms with Gasteiger partial charge in [0, 0.05) is 16.6 Å². The van der Waals surface area contributed by atoms with Gasteiger partial charge >= 0.3 is 0 Å². The number of benzene rings is 2. The summed E-state index contributed by atoms with van der Waals surface area (Å²) in [6.07, 6.45) is 1.66. The largest absolute Gasteiger partial charge is 0.489 e. The lowest BCUT2D eigenvalue weighted by molar-refractivity contribution is 0.302. The highest BCUT2D eigenvalue weighted by Gasteiger charge is 2.11. The van der Waals surface area contributed by atoms with Crippen molar-refractivity contribution in [3.8, 4) is 5.75 Å². The molecule has 0 aliphatic rings. The molecule has 2 aromatic carbocycles. The monoisotopic (exact) mass is 289 g/mol. The third-order valence-electron chi connectivity index (χ3n) is 3.30. The van der Waals surface area contributed by atoms with Gasteiger partial charge in [0.2, 0.25) is 0 Å². The minimum atomic E-state index is 0.106. The summed E-state index contributed by atoms with van der Waals surface area (Å²) in [7, 11) is 0. The van der Waals surface area contributed by atoms with Crippen LogP contribution in [0, 0.1) is 0 Å². The van der Waals surface area contributed by atoms with Crippen molar-refractivity contribution < 1.29 is 4.74 Å². The van der Waals surface area contributed by atoms with E-state index in [1.807, 2.05) is 48.5 Å². The van der Waals surface area contributed by atoms with Gasteiger partial charge in [-0.2, -0.15) is 0 Å². The zero-order chi connectivity index (χ0) is 14.4. The molecule has 0 spiro atoms. The Labute approximate surface area is 125 Å². The van der Waals surface area contributed by atoms with E-state index in [4.69, 9.17) is 22.1 Å². The van der Waals surface area contributed by atoms with Crippen molar-refractivity contribution in [2.24, 2.45) is 5.73 Å². The minimum absolute atomic E-state index is 0.106. The molecule has 2 rings (SSSR count). The Kier molecular flexibility index (Phi) is 5.45. The molecule has 0 saturated carbocycles. The molecule has 0 aliphatic heterocycles. The lowest BCUT2D eigenvalue weighted by Gasteiger charge is -2.16. The maximum atomic E-state index is 6.28. The van der Waals surface area contributed by atoms with Crippen LogP contribution in [0.15, 0.2) is 48.5 Å². The van der Waals surface area contributed by atoms with E-state index in [-0.39, 0.29) is 6.04 Å². The van der Waals surface area contributed by atoms with Gasteiger partial charge in [0.25, 0.3) is 0 Å². The van der Waals surface area contributed by atoms with Crippen LogP contribution in [0.25, 0.3) is 0 Å². The number of hydrogen-bond donors (Lipinski definition) is 1. The Morgan fingerprint density at radius 1 is 1.10 bits per heavy atom. The van der Waals surface area contributed by atoms with E-state index < -0.39 is 0 Å². The Bertz CT molecular complexity index is 542. The van der Waals surface area contributed by atoms with Crippen molar-refractivity contribution in [3.63, 3.8) is 0 Å². The van der Waals surface area contributed by atoms with Gasteiger partial charge in [-0.3, -0.25) is 0 Å². The standard InChI is InChI=1S/C17H20ClNO/c1-2-14(19)11-15-16(18)9-6-10-17(15)20-12-13-7-4-3-5-8-13/h3-10,14H,2,11-12,19H2,1H3. The van der Waals surface area contributed by atoms with Gasteiger partial charge in [-0.05, 0) is 30.5 Å². The molecule has 20 heavy (non-hydrogen) atoms. The molecule has 0 heterocycles. The molecule has 106 valence electrons. The maximum absolute atomic E-state index is 6.28. The Hall–Kier alpha value is -1.51. The highest BCUT2D eigenvalue weighted by atomic mass is 35.5. The average molecular weight is 290 g/mol. The van der Waals surface area contributed by atoms with Crippen LogP contribution in [0.4, 0.5) is 0 Å². The number of ether oxygens (including phenoxy) is 1. The Morgan fingerprint density at radius 3 is 2.55 bits per heavy atom. The first-order chi connectivity index (χ1) is 9.70. The van der Waals surface area contributed by atoms with E-state index in [0.717, 1.165) is 34.7 Å². The molecule has 2 aromatic rings. The van der Waals surface area contributed by atoms with Crippen LogP contribution < -0.4 is 10.5 Å². The molecule has 1 unspecified atom stereocenters. The second-order valence-electron chi connectivity index (χ2n) is 4.86. The van der Waals surface area contributed by atoms with E-state index in [2.05, 4.69) is 6.92 Å². The van der Waals surface area contributed by atoms with Gasteiger partial charge < -0.3 is 10.5 Å². The molecule has 0 fully saturated rings. The van der Waals surface area contributed by atoms with Gasteiger partial charge in [-0.25, -0.2) is 0 Å². The molecule has 2 nitrogen and oxygen atoms in total. The Morgan fingerprint density at radius 2 is 1.85 bits per heavy atom. The zero-order valence-corrected chi connectivity index (χ0v) is 12.4. The van der Waals surface area contributed by atoms with E-state index >= 15 is 0 Å². The molecule has 0 bridgehead atoms. The van der Waals surface area contributed by atoms with Crippen molar-refractivity contribution in [2.75, 3.05) is 0 Å². The fourth-order valence-corrected chi connectivity index (χ4v) is 2.26. The third kappa shape index (κ3) is 3.99. The van der Waals surface area contributed by atoms with Crippen molar-refractivity contribution in [1.82, 2.24) is 0 Å². The normalized spacial score (nSPS) is 12.2. The van der Waals surface area contributed by atoms with Crippen LogP contribution in [-0.2, 0) is 13.0 Å². The first-order valence-electron chi connectivity index (χ1n) is 6.90. The summed E-state index contributed by atoms with van der Waals surface area (Å²) in [5.74, 6) is 0.824. The van der Waals surface area contributed by atoms with E-state index in [9.17, 15) is 0 Å². The van der Waals surface area contributed by atoms with Crippen LogP contribution in [0.1, 0.15) is 24.5 Å². The first-order valence-corrected chi connectivity index (χ1v) is 7.28. The second-order valence-corrected chi connectivity index (χ2v) is 5.27. The molecular formula is C17H20ClNO. The summed E-state index contributed by atoms with van der Waals surface area (Å²) in [6, 6.07) is 15.9. The molecular weight excluding hydrogens is 270 g/mol. The van der Waals surface area contributed by atoms with Crippen LogP contribution in [0.2, 0.25) is 5.02 Å². The number of nitrogens with two attached hydrogens (primary N) is 1. The second kappa shape index (κ2) is 7.32. The van der Waals surface area contributed by atoms with Crippen LogP contribution >= 0.6 is 11.6 Å². The highest BCUT2D eigenvalue weighted by Crippen LogP contribution is 2.28. The summed E-state index contributed by atoms with van der Waals surface area (Å²) in [5.41, 5.74) is 8.17. The van der Waals surface area contributed by atoms with E-state index in [0.29, 0.717) is 6.61 Å². The molecule has 1 atom stereocenters. The minimum Gasteiger partial charge on any atom is -0.489 e. The summed E-state index contributed by atoms with van der Waals surface area (Å²) in [6.45, 7) is 2.61. The van der Waals surface area contributed by atoms with Crippen molar-refractivity contribution in [2.45, 2.75) is 32.4 Å². The third-order valence-corrected chi connectivity index (χ3v) is 3.66. The average Bonchev–Trinajstić information content (AvgIpc) is 2.48. The molecule has 0 amide bonds. The molecule has 2 N–H and O–H groups in total. The van der Waals surface area contributed by atoms with Gasteiger partial charge in [0.1, 0.15) is 12.4 Å². The SMILES string of the molecule is CCC(N)Cc1c(Cl)cccc1OCc1ccccc1. The number of rotatable bonds is 6. The van der Waals surface area contributed by atoms with Crippen molar-refractivity contribution >= 4 is 11.6 Å². The van der Waals surface area contributed by atoms with Crippen LogP contribution in [-0.4, -0.2) is 6.04 Å². The fraction of sp³-hybridized carbons (Fsp3) is 0.294. The van der Waals surface area contributed by atoms with Gasteiger partial charge in [0.15, 0.2) is 0 Å². The van der Waals surface area contributed by atoms with Crippen molar-refractivity contribution in [3.05, 3.63) is 64.7 Å². The topological polar surface area (TPSA) is 35.2 Å². The molecule has 0 radical (unpaired) electrons. The number of halogens is 1. The lowest BCUT2D eigenvalue weighted by Crippen LogP contribution is -2.22. The smallest absolute Gasteiger partial charge is 0.124 e. The summed E-state index contributed by atoms with van der Waals surface area (Å²) >= 11 is 6.28. The lowest BCUT2D eigenvalue weighted by atomic mass is 10.0. The van der Waals surface area contributed by atoms with Crippen LogP contribution in [0.3, 0.4) is 0 Å². The van der Waals surface area contributed by atoms with Gasteiger partial charge in [-0.15, -0.1) is 0 Å². The molecule has 0 aromatic heterocycles. The van der Waals surface area contributed by atoms with Gasteiger partial charge in [-0.1, -0.05) is 54.9 Å². The Balaban J connectivity index is 2.12. The predicted molar refractivity (Wildman–Crippen MR) is 84.2 cm³/mol.